The molecular weight excluding hydrogens is 450 g/mol. The van der Waals surface area contributed by atoms with Gasteiger partial charge in [0, 0.05) is 38.2 Å². The molecule has 10 heteroatoms. The fraction of sp³-hybridized carbons (Fsp3) is 0.360. The predicted molar refractivity (Wildman–Crippen MR) is 128 cm³/mol. The molecule has 0 aliphatic carbocycles. The highest BCUT2D eigenvalue weighted by Gasteiger charge is 2.28. The van der Waals surface area contributed by atoms with Gasteiger partial charge in [-0.15, -0.1) is 0 Å². The van der Waals surface area contributed by atoms with Crippen LogP contribution in [0.5, 0.6) is 11.5 Å². The Morgan fingerprint density at radius 3 is 2.77 bits per heavy atom. The van der Waals surface area contributed by atoms with Crippen molar-refractivity contribution < 1.29 is 23.9 Å². The molecule has 10 nitrogen and oxygen atoms in total. The van der Waals surface area contributed by atoms with Crippen LogP contribution in [0.3, 0.4) is 0 Å². The first kappa shape index (κ1) is 24.0. The number of hydrogen-bond donors (Lipinski definition) is 1. The SMILES string of the molecule is COc1cc2c(cc1-c1noc(-c3ccc(OC(C)C)c(C#N)c3)n1)CN(C)N2CCCC(=O)O. The van der Waals surface area contributed by atoms with Crippen LogP contribution in [-0.4, -0.2) is 53.0 Å². The summed E-state index contributed by atoms with van der Waals surface area (Å²) in [5, 5.41) is 26.7. The minimum absolute atomic E-state index is 0.0534. The standard InChI is InChI=1S/C25H27N5O5/c1-15(2)34-21-8-7-16(10-17(21)13-26)25-27-24(28-35-25)19-11-18-14-29(3)30(9-5-6-23(31)32)20(18)12-22(19)33-4/h7-8,10-12,15H,5-6,9,14H2,1-4H3,(H,31,32). The lowest BCUT2D eigenvalue weighted by atomic mass is 10.1. The Balaban J connectivity index is 1.63. The molecule has 35 heavy (non-hydrogen) atoms. The molecule has 0 unspecified atom stereocenters. The molecule has 1 aliphatic heterocycles. The van der Waals surface area contributed by atoms with Gasteiger partial charge in [-0.25, -0.2) is 5.01 Å². The zero-order chi connectivity index (χ0) is 25.1. The highest BCUT2D eigenvalue weighted by Crippen LogP contribution is 2.40. The quantitative estimate of drug-likeness (QED) is 0.481. The molecule has 1 N–H and O–H groups in total. The predicted octanol–water partition coefficient (Wildman–Crippen LogP) is 4.10. The summed E-state index contributed by atoms with van der Waals surface area (Å²) >= 11 is 0. The van der Waals surface area contributed by atoms with Crippen LogP contribution in [0.15, 0.2) is 34.9 Å². The maximum Gasteiger partial charge on any atom is 0.303 e. The molecule has 0 fully saturated rings. The van der Waals surface area contributed by atoms with Gasteiger partial charge >= 0.3 is 5.97 Å². The third-order valence-corrected chi connectivity index (χ3v) is 5.63. The highest BCUT2D eigenvalue weighted by molar-refractivity contribution is 5.74. The summed E-state index contributed by atoms with van der Waals surface area (Å²) in [6.45, 7) is 5.04. The van der Waals surface area contributed by atoms with Crippen molar-refractivity contribution in [3.05, 3.63) is 41.5 Å². The van der Waals surface area contributed by atoms with Crippen molar-refractivity contribution in [2.24, 2.45) is 0 Å². The van der Waals surface area contributed by atoms with Crippen LogP contribution in [0.2, 0.25) is 0 Å². The van der Waals surface area contributed by atoms with E-state index in [0.717, 1.165) is 11.3 Å². The van der Waals surface area contributed by atoms with Crippen molar-refractivity contribution in [3.8, 4) is 40.4 Å². The van der Waals surface area contributed by atoms with Crippen LogP contribution in [0.25, 0.3) is 22.8 Å². The number of hydrogen-bond acceptors (Lipinski definition) is 9. The molecule has 1 aliphatic rings. The highest BCUT2D eigenvalue weighted by atomic mass is 16.5. The summed E-state index contributed by atoms with van der Waals surface area (Å²) in [4.78, 5) is 15.5. The first-order valence-electron chi connectivity index (χ1n) is 11.3. The molecule has 2 aromatic carbocycles. The second-order valence-corrected chi connectivity index (χ2v) is 8.53. The van der Waals surface area contributed by atoms with E-state index in [1.54, 1.807) is 25.3 Å². The molecule has 0 saturated carbocycles. The molecular formula is C25H27N5O5. The van der Waals surface area contributed by atoms with E-state index in [1.807, 2.05) is 38.0 Å². The van der Waals surface area contributed by atoms with Gasteiger partial charge in [-0.3, -0.25) is 4.79 Å². The molecule has 0 atom stereocenters. The smallest absolute Gasteiger partial charge is 0.303 e. The summed E-state index contributed by atoms with van der Waals surface area (Å²) in [7, 11) is 3.53. The van der Waals surface area contributed by atoms with Crippen LogP contribution >= 0.6 is 0 Å². The van der Waals surface area contributed by atoms with Crippen molar-refractivity contribution in [2.75, 3.05) is 25.7 Å². The van der Waals surface area contributed by atoms with E-state index in [-0.39, 0.29) is 18.4 Å². The molecule has 0 bridgehead atoms. The number of carboxylic acid groups (broad SMARTS) is 1. The average Bonchev–Trinajstić information content (AvgIpc) is 3.42. The number of nitrogens with zero attached hydrogens (tertiary/aromatic N) is 5. The number of nitriles is 1. The monoisotopic (exact) mass is 477 g/mol. The fourth-order valence-corrected chi connectivity index (χ4v) is 4.07. The van der Waals surface area contributed by atoms with Crippen molar-refractivity contribution in [1.29, 1.82) is 5.26 Å². The van der Waals surface area contributed by atoms with Gasteiger partial charge in [-0.1, -0.05) is 5.16 Å². The molecule has 3 aromatic rings. The normalized spacial score (nSPS) is 13.1. The van der Waals surface area contributed by atoms with Crippen molar-refractivity contribution in [2.45, 2.75) is 39.3 Å². The average molecular weight is 478 g/mol. The summed E-state index contributed by atoms with van der Waals surface area (Å²) in [5.74, 6) is 0.920. The van der Waals surface area contributed by atoms with Crippen LogP contribution < -0.4 is 14.5 Å². The lowest BCUT2D eigenvalue weighted by Gasteiger charge is -2.27. The van der Waals surface area contributed by atoms with Crippen LogP contribution in [0.4, 0.5) is 5.69 Å². The van der Waals surface area contributed by atoms with E-state index < -0.39 is 5.97 Å². The maximum absolute atomic E-state index is 10.9. The molecule has 2 heterocycles. The third-order valence-electron chi connectivity index (χ3n) is 5.63. The number of anilines is 1. The number of aromatic nitrogens is 2. The van der Waals surface area contributed by atoms with Crippen molar-refractivity contribution in [1.82, 2.24) is 15.1 Å². The Morgan fingerprint density at radius 1 is 1.29 bits per heavy atom. The summed E-state index contributed by atoms with van der Waals surface area (Å²) < 4.78 is 16.8. The minimum atomic E-state index is -0.808. The fourth-order valence-electron chi connectivity index (χ4n) is 4.07. The lowest BCUT2D eigenvalue weighted by Crippen LogP contribution is -2.35. The molecule has 4 rings (SSSR count). The van der Waals surface area contributed by atoms with Crippen LogP contribution in [-0.2, 0) is 11.3 Å². The number of carboxylic acids is 1. The van der Waals surface area contributed by atoms with Gasteiger partial charge in [-0.05, 0) is 50.1 Å². The molecule has 0 saturated heterocycles. The number of ether oxygens (including phenoxy) is 2. The van der Waals surface area contributed by atoms with E-state index in [0.29, 0.717) is 53.5 Å². The summed E-state index contributed by atoms with van der Waals surface area (Å²) in [6.07, 6.45) is 0.587. The van der Waals surface area contributed by atoms with Gasteiger partial charge in [0.15, 0.2) is 0 Å². The largest absolute Gasteiger partial charge is 0.496 e. The van der Waals surface area contributed by atoms with Crippen LogP contribution in [0, 0.1) is 11.3 Å². The van der Waals surface area contributed by atoms with E-state index >= 15 is 0 Å². The van der Waals surface area contributed by atoms with Gasteiger partial charge < -0.3 is 24.1 Å². The molecule has 1 aromatic heterocycles. The van der Waals surface area contributed by atoms with Gasteiger partial charge in [0.05, 0.1) is 30.0 Å². The van der Waals surface area contributed by atoms with Gasteiger partial charge in [-0.2, -0.15) is 10.2 Å². The van der Waals surface area contributed by atoms with Gasteiger partial charge in [0.25, 0.3) is 5.89 Å². The second kappa shape index (κ2) is 10.0. The summed E-state index contributed by atoms with van der Waals surface area (Å²) in [5.41, 5.74) is 3.69. The Kier molecular flexibility index (Phi) is 6.89. The molecule has 182 valence electrons. The number of rotatable bonds is 9. The number of aliphatic carboxylic acids is 1. The zero-order valence-corrected chi connectivity index (χ0v) is 20.1. The Labute approximate surface area is 203 Å². The van der Waals surface area contributed by atoms with Gasteiger partial charge in [0.1, 0.15) is 17.6 Å². The number of benzene rings is 2. The molecule has 0 spiro atoms. The van der Waals surface area contributed by atoms with E-state index in [9.17, 15) is 10.1 Å². The lowest BCUT2D eigenvalue weighted by molar-refractivity contribution is -0.137. The Bertz CT molecular complexity index is 1280. The molecule has 0 amide bonds. The first-order valence-corrected chi connectivity index (χ1v) is 11.3. The number of fused-ring (bicyclic) bond motifs is 1. The number of carbonyl (C=O) groups is 1. The second-order valence-electron chi connectivity index (χ2n) is 8.53. The first-order chi connectivity index (χ1) is 16.8. The van der Waals surface area contributed by atoms with E-state index in [2.05, 4.69) is 21.2 Å². The Hall–Kier alpha value is -4.10. The number of methoxy groups -OCH3 is 1. The maximum atomic E-state index is 10.9. The number of hydrazine groups is 1. The van der Waals surface area contributed by atoms with E-state index in [1.165, 1.54) is 0 Å². The van der Waals surface area contributed by atoms with E-state index in [4.69, 9.17) is 19.1 Å². The van der Waals surface area contributed by atoms with Gasteiger partial charge in [0.2, 0.25) is 5.82 Å². The Morgan fingerprint density at radius 2 is 2.09 bits per heavy atom. The van der Waals surface area contributed by atoms with Crippen LogP contribution in [0.1, 0.15) is 37.8 Å². The zero-order valence-electron chi connectivity index (χ0n) is 20.1. The van der Waals surface area contributed by atoms with Crippen molar-refractivity contribution in [3.63, 3.8) is 0 Å². The summed E-state index contributed by atoms with van der Waals surface area (Å²) in [6, 6.07) is 11.2. The molecule has 0 radical (unpaired) electrons. The third kappa shape index (κ3) is 5.05. The van der Waals surface area contributed by atoms with Crippen molar-refractivity contribution >= 4 is 11.7 Å². The topological polar surface area (TPSA) is 125 Å². The minimum Gasteiger partial charge on any atom is -0.496 e.